The summed E-state index contributed by atoms with van der Waals surface area (Å²) in [7, 11) is 0. The standard InChI is InChI=1S/C16H11N3/c17-10-13-7-4-8-19-15(13)16(11-18)9-14(16)12-5-2-1-3-6-12/h1-8,14H,9H2/t14-,16+/m0/s1. The van der Waals surface area contributed by atoms with Crippen molar-refractivity contribution in [1.29, 1.82) is 10.5 Å². The van der Waals surface area contributed by atoms with Gasteiger partial charge in [0.1, 0.15) is 11.5 Å². The number of pyridine rings is 1. The fourth-order valence-corrected chi connectivity index (χ4v) is 2.64. The van der Waals surface area contributed by atoms with Gasteiger partial charge in [-0.1, -0.05) is 30.3 Å². The van der Waals surface area contributed by atoms with Crippen LogP contribution in [0.15, 0.2) is 48.7 Å². The van der Waals surface area contributed by atoms with Crippen LogP contribution >= 0.6 is 0 Å². The van der Waals surface area contributed by atoms with E-state index in [1.54, 1.807) is 18.3 Å². The Morgan fingerprint density at radius 3 is 2.58 bits per heavy atom. The number of rotatable bonds is 2. The SMILES string of the molecule is N#Cc1cccnc1[C@@]1(C#N)C[C@H]1c1ccccc1. The fourth-order valence-electron chi connectivity index (χ4n) is 2.64. The highest BCUT2D eigenvalue weighted by Gasteiger charge is 2.59. The van der Waals surface area contributed by atoms with Crippen LogP contribution in [-0.2, 0) is 5.41 Å². The van der Waals surface area contributed by atoms with Gasteiger partial charge in [0.2, 0.25) is 0 Å². The predicted octanol–water partition coefficient (Wildman–Crippen LogP) is 2.90. The van der Waals surface area contributed by atoms with E-state index < -0.39 is 5.41 Å². The van der Waals surface area contributed by atoms with E-state index in [2.05, 4.69) is 17.1 Å². The maximum absolute atomic E-state index is 9.56. The van der Waals surface area contributed by atoms with Crippen molar-refractivity contribution in [2.75, 3.05) is 0 Å². The van der Waals surface area contributed by atoms with Crippen molar-refractivity contribution in [3.05, 3.63) is 65.5 Å². The maximum atomic E-state index is 9.56. The summed E-state index contributed by atoms with van der Waals surface area (Å²) in [6.45, 7) is 0. The second-order valence-corrected chi connectivity index (χ2v) is 4.76. The molecule has 0 radical (unpaired) electrons. The summed E-state index contributed by atoms with van der Waals surface area (Å²) >= 11 is 0. The second kappa shape index (κ2) is 4.23. The molecule has 0 amide bonds. The first-order valence-electron chi connectivity index (χ1n) is 6.13. The van der Waals surface area contributed by atoms with Gasteiger partial charge in [0.05, 0.1) is 17.3 Å². The van der Waals surface area contributed by atoms with E-state index in [1.165, 1.54) is 0 Å². The molecule has 90 valence electrons. The van der Waals surface area contributed by atoms with Gasteiger partial charge in [-0.05, 0) is 24.1 Å². The predicted molar refractivity (Wildman–Crippen MR) is 70.0 cm³/mol. The van der Waals surface area contributed by atoms with Crippen molar-refractivity contribution in [2.45, 2.75) is 17.8 Å². The van der Waals surface area contributed by atoms with Crippen molar-refractivity contribution in [2.24, 2.45) is 0 Å². The summed E-state index contributed by atoms with van der Waals surface area (Å²) in [5.74, 6) is 0.140. The van der Waals surface area contributed by atoms with Crippen molar-refractivity contribution >= 4 is 0 Å². The Morgan fingerprint density at radius 1 is 1.11 bits per heavy atom. The van der Waals surface area contributed by atoms with Gasteiger partial charge < -0.3 is 0 Å². The molecule has 19 heavy (non-hydrogen) atoms. The molecule has 1 aliphatic rings. The zero-order valence-electron chi connectivity index (χ0n) is 10.2. The molecule has 0 unspecified atom stereocenters. The molecule has 1 aliphatic carbocycles. The van der Waals surface area contributed by atoms with Crippen LogP contribution in [0.5, 0.6) is 0 Å². The number of nitriles is 2. The van der Waals surface area contributed by atoms with Gasteiger partial charge >= 0.3 is 0 Å². The van der Waals surface area contributed by atoms with Crippen LogP contribution in [0, 0.1) is 22.7 Å². The van der Waals surface area contributed by atoms with Crippen LogP contribution < -0.4 is 0 Å². The fraction of sp³-hybridized carbons (Fsp3) is 0.188. The van der Waals surface area contributed by atoms with E-state index in [0.29, 0.717) is 11.3 Å². The van der Waals surface area contributed by atoms with Gasteiger partial charge in [-0.25, -0.2) is 0 Å². The molecule has 1 fully saturated rings. The summed E-state index contributed by atoms with van der Waals surface area (Å²) in [5, 5.41) is 18.7. The topological polar surface area (TPSA) is 60.5 Å². The average molecular weight is 245 g/mol. The smallest absolute Gasteiger partial charge is 0.108 e. The third-order valence-electron chi connectivity index (χ3n) is 3.71. The summed E-state index contributed by atoms with van der Waals surface area (Å²) in [4.78, 5) is 4.29. The van der Waals surface area contributed by atoms with Crippen molar-refractivity contribution < 1.29 is 0 Å². The number of aromatic nitrogens is 1. The van der Waals surface area contributed by atoms with Crippen LogP contribution in [0.3, 0.4) is 0 Å². The molecule has 1 aromatic carbocycles. The minimum Gasteiger partial charge on any atom is -0.258 e. The Hall–Kier alpha value is -2.65. The molecule has 1 aromatic heterocycles. The van der Waals surface area contributed by atoms with Gasteiger partial charge in [-0.2, -0.15) is 10.5 Å². The summed E-state index contributed by atoms with van der Waals surface area (Å²) in [5.41, 5.74) is 1.63. The molecule has 1 saturated carbocycles. The molecule has 0 aliphatic heterocycles. The minimum atomic E-state index is -0.631. The highest BCUT2D eigenvalue weighted by Crippen LogP contribution is 2.60. The summed E-state index contributed by atoms with van der Waals surface area (Å²) < 4.78 is 0. The zero-order chi connectivity index (χ0) is 13.3. The zero-order valence-corrected chi connectivity index (χ0v) is 10.2. The Balaban J connectivity index is 2.05. The molecule has 2 aromatic rings. The van der Waals surface area contributed by atoms with Gasteiger partial charge in [-0.3, -0.25) is 4.98 Å². The third-order valence-corrected chi connectivity index (χ3v) is 3.71. The summed E-state index contributed by atoms with van der Waals surface area (Å²) in [6, 6.07) is 17.9. The van der Waals surface area contributed by atoms with E-state index in [-0.39, 0.29) is 5.92 Å². The Labute approximate surface area is 111 Å². The Kier molecular flexibility index (Phi) is 2.54. The van der Waals surface area contributed by atoms with E-state index in [1.807, 2.05) is 30.3 Å². The number of hydrogen-bond donors (Lipinski definition) is 0. The van der Waals surface area contributed by atoms with Gasteiger partial charge in [0, 0.05) is 12.1 Å². The van der Waals surface area contributed by atoms with E-state index in [4.69, 9.17) is 5.26 Å². The third kappa shape index (κ3) is 1.68. The lowest BCUT2D eigenvalue weighted by molar-refractivity contribution is 0.809. The Bertz CT molecular complexity index is 694. The Morgan fingerprint density at radius 2 is 1.89 bits per heavy atom. The molecule has 0 spiro atoms. The van der Waals surface area contributed by atoms with Crippen LogP contribution in [0.1, 0.15) is 29.2 Å². The van der Waals surface area contributed by atoms with Crippen molar-refractivity contribution in [3.63, 3.8) is 0 Å². The van der Waals surface area contributed by atoms with Crippen LogP contribution in [-0.4, -0.2) is 4.98 Å². The quantitative estimate of drug-likeness (QED) is 0.817. The molecule has 3 nitrogen and oxygen atoms in total. The molecule has 0 N–H and O–H groups in total. The lowest BCUT2D eigenvalue weighted by Gasteiger charge is -2.09. The molecular weight excluding hydrogens is 234 g/mol. The normalized spacial score (nSPS) is 24.2. The van der Waals surface area contributed by atoms with Crippen molar-refractivity contribution in [1.82, 2.24) is 4.98 Å². The average Bonchev–Trinajstić information content (AvgIpc) is 3.24. The van der Waals surface area contributed by atoms with Crippen LogP contribution in [0.2, 0.25) is 0 Å². The van der Waals surface area contributed by atoms with E-state index >= 15 is 0 Å². The lowest BCUT2D eigenvalue weighted by Crippen LogP contribution is -2.11. The molecule has 3 heteroatoms. The second-order valence-electron chi connectivity index (χ2n) is 4.76. The first-order valence-corrected chi connectivity index (χ1v) is 6.13. The maximum Gasteiger partial charge on any atom is 0.108 e. The number of benzene rings is 1. The molecule has 0 saturated heterocycles. The molecule has 0 bridgehead atoms. The highest BCUT2D eigenvalue weighted by atomic mass is 14.8. The number of nitrogens with zero attached hydrogens (tertiary/aromatic N) is 3. The van der Waals surface area contributed by atoms with E-state index in [9.17, 15) is 5.26 Å². The van der Waals surface area contributed by atoms with Gasteiger partial charge in [0.25, 0.3) is 0 Å². The highest BCUT2D eigenvalue weighted by molar-refractivity contribution is 5.52. The minimum absolute atomic E-state index is 0.140. The summed E-state index contributed by atoms with van der Waals surface area (Å²) in [6.07, 6.45) is 2.38. The largest absolute Gasteiger partial charge is 0.258 e. The number of hydrogen-bond acceptors (Lipinski definition) is 3. The molecular formula is C16H11N3. The molecule has 1 heterocycles. The van der Waals surface area contributed by atoms with Gasteiger partial charge in [-0.15, -0.1) is 0 Å². The first kappa shape index (κ1) is 11.4. The molecule has 3 rings (SSSR count). The van der Waals surface area contributed by atoms with Crippen LogP contribution in [0.4, 0.5) is 0 Å². The lowest BCUT2D eigenvalue weighted by atomic mass is 9.93. The van der Waals surface area contributed by atoms with Crippen molar-refractivity contribution in [3.8, 4) is 12.1 Å². The van der Waals surface area contributed by atoms with E-state index in [0.717, 1.165) is 12.0 Å². The first-order chi connectivity index (χ1) is 9.31. The molecule has 2 atom stereocenters. The monoisotopic (exact) mass is 245 g/mol. The van der Waals surface area contributed by atoms with Gasteiger partial charge in [0.15, 0.2) is 0 Å². The van der Waals surface area contributed by atoms with Crippen LogP contribution in [0.25, 0.3) is 0 Å².